The van der Waals surface area contributed by atoms with Gasteiger partial charge in [0.25, 0.3) is 5.91 Å². The Morgan fingerprint density at radius 2 is 1.83 bits per heavy atom. The lowest BCUT2D eigenvalue weighted by Gasteiger charge is -2.31. The summed E-state index contributed by atoms with van der Waals surface area (Å²) in [5, 5.41) is 15.0. The number of carbonyl (C=O) groups is 3. The fourth-order valence-corrected chi connectivity index (χ4v) is 5.14. The number of carboxylic acids is 1. The lowest BCUT2D eigenvalue weighted by molar-refractivity contribution is -0.141. The van der Waals surface area contributed by atoms with Crippen molar-refractivity contribution in [3.63, 3.8) is 0 Å². The largest absolute Gasteiger partial charge is 0.481 e. The van der Waals surface area contributed by atoms with Crippen molar-refractivity contribution in [3.05, 3.63) is 52.0 Å². The number of hydrogen-bond acceptors (Lipinski definition) is 5. The molecule has 36 heavy (non-hydrogen) atoms. The monoisotopic (exact) mass is 515 g/mol. The number of rotatable bonds is 15. The third-order valence-electron chi connectivity index (χ3n) is 6.56. The summed E-state index contributed by atoms with van der Waals surface area (Å²) in [5.41, 5.74) is 1.39. The molecule has 7 nitrogen and oxygen atoms in total. The third-order valence-corrected chi connectivity index (χ3v) is 7.47. The van der Waals surface area contributed by atoms with Crippen LogP contribution in [0.4, 0.5) is 0 Å². The van der Waals surface area contributed by atoms with Crippen LogP contribution >= 0.6 is 11.3 Å². The van der Waals surface area contributed by atoms with Crippen LogP contribution in [0.5, 0.6) is 0 Å². The molecule has 0 bridgehead atoms. The van der Waals surface area contributed by atoms with Crippen molar-refractivity contribution in [2.75, 3.05) is 7.05 Å². The molecule has 2 aromatic rings. The Bertz CT molecular complexity index is 976. The van der Waals surface area contributed by atoms with E-state index in [1.165, 1.54) is 11.3 Å². The summed E-state index contributed by atoms with van der Waals surface area (Å²) in [5.74, 6) is -1.25. The van der Waals surface area contributed by atoms with Gasteiger partial charge in [-0.1, -0.05) is 64.4 Å². The standard InChI is InChI=1S/C28H41N3O4S/c1-6-7-13-26(32)31(5)24(19(2)3)14-15-25-30-23(18-36-25)27(33)29-22(16-20(4)28(34)35)17-21-11-9-8-10-12-21/h8-12,18-20,22,24H,6-7,13-17H2,1-5H3,(H,29,33)(H,34,35). The SMILES string of the molecule is CCCCC(=O)N(C)C(CCc1nc(C(=O)NC(Cc2ccccc2)CC(C)C(=O)O)cs1)C(C)C. The molecule has 1 heterocycles. The first kappa shape index (κ1) is 29.5. The van der Waals surface area contributed by atoms with Crippen LogP contribution in [0, 0.1) is 11.8 Å². The maximum atomic E-state index is 13.0. The molecule has 1 aromatic carbocycles. The van der Waals surface area contributed by atoms with Crippen LogP contribution in [-0.2, 0) is 22.4 Å². The van der Waals surface area contributed by atoms with Crippen molar-refractivity contribution in [2.45, 2.75) is 84.7 Å². The van der Waals surface area contributed by atoms with Crippen molar-refractivity contribution in [1.29, 1.82) is 0 Å². The minimum Gasteiger partial charge on any atom is -0.481 e. The summed E-state index contributed by atoms with van der Waals surface area (Å²) in [6, 6.07) is 9.53. The Morgan fingerprint density at radius 1 is 1.14 bits per heavy atom. The van der Waals surface area contributed by atoms with E-state index in [0.29, 0.717) is 37.3 Å². The van der Waals surface area contributed by atoms with E-state index in [0.717, 1.165) is 29.8 Å². The van der Waals surface area contributed by atoms with Crippen LogP contribution in [0.2, 0.25) is 0 Å². The van der Waals surface area contributed by atoms with Gasteiger partial charge in [-0.05, 0) is 37.2 Å². The zero-order valence-corrected chi connectivity index (χ0v) is 23.0. The van der Waals surface area contributed by atoms with Gasteiger partial charge in [0, 0.05) is 37.4 Å². The fraction of sp³-hybridized carbons (Fsp3) is 0.571. The van der Waals surface area contributed by atoms with Crippen LogP contribution in [0.3, 0.4) is 0 Å². The second-order valence-corrected chi connectivity index (χ2v) is 10.9. The van der Waals surface area contributed by atoms with Crippen molar-refractivity contribution in [2.24, 2.45) is 11.8 Å². The molecule has 0 aliphatic rings. The first-order valence-corrected chi connectivity index (χ1v) is 13.8. The molecule has 0 saturated heterocycles. The smallest absolute Gasteiger partial charge is 0.306 e. The molecule has 0 radical (unpaired) electrons. The summed E-state index contributed by atoms with van der Waals surface area (Å²) in [4.78, 5) is 43.4. The van der Waals surface area contributed by atoms with E-state index < -0.39 is 11.9 Å². The average Bonchev–Trinajstić information content (AvgIpc) is 3.32. The predicted octanol–water partition coefficient (Wildman–Crippen LogP) is 5.20. The topological polar surface area (TPSA) is 99.6 Å². The van der Waals surface area contributed by atoms with Crippen LogP contribution < -0.4 is 5.32 Å². The molecule has 8 heteroatoms. The van der Waals surface area contributed by atoms with Gasteiger partial charge in [0.1, 0.15) is 5.69 Å². The quantitative estimate of drug-likeness (QED) is 0.340. The number of nitrogens with zero attached hydrogens (tertiary/aromatic N) is 2. The third kappa shape index (κ3) is 9.37. The highest BCUT2D eigenvalue weighted by Gasteiger charge is 2.24. The molecule has 2 amide bonds. The highest BCUT2D eigenvalue weighted by molar-refractivity contribution is 7.09. The van der Waals surface area contributed by atoms with E-state index >= 15 is 0 Å². The van der Waals surface area contributed by atoms with Gasteiger partial charge in [-0.3, -0.25) is 14.4 Å². The zero-order valence-electron chi connectivity index (χ0n) is 22.2. The van der Waals surface area contributed by atoms with Gasteiger partial charge < -0.3 is 15.3 Å². The van der Waals surface area contributed by atoms with Crippen LogP contribution in [0.25, 0.3) is 0 Å². The van der Waals surface area contributed by atoms with Gasteiger partial charge in [-0.25, -0.2) is 4.98 Å². The fourth-order valence-electron chi connectivity index (χ4n) is 4.34. The summed E-state index contributed by atoms with van der Waals surface area (Å²) in [7, 11) is 1.88. The van der Waals surface area contributed by atoms with E-state index in [2.05, 4.69) is 31.1 Å². The van der Waals surface area contributed by atoms with E-state index in [-0.39, 0.29) is 23.9 Å². The van der Waals surface area contributed by atoms with Crippen molar-refractivity contribution >= 4 is 29.1 Å². The zero-order chi connectivity index (χ0) is 26.7. The second-order valence-electron chi connectivity index (χ2n) is 9.92. The second kappa shape index (κ2) is 14.7. The van der Waals surface area contributed by atoms with Crippen molar-refractivity contribution in [1.82, 2.24) is 15.2 Å². The minimum absolute atomic E-state index is 0.114. The number of carbonyl (C=O) groups excluding carboxylic acids is 2. The molecule has 0 aliphatic heterocycles. The Hall–Kier alpha value is -2.74. The van der Waals surface area contributed by atoms with Gasteiger partial charge in [-0.2, -0.15) is 0 Å². The molecule has 0 saturated carbocycles. The molecule has 2 rings (SSSR count). The van der Waals surface area contributed by atoms with E-state index in [1.54, 1.807) is 12.3 Å². The first-order chi connectivity index (χ1) is 17.1. The molecular weight excluding hydrogens is 474 g/mol. The molecule has 0 fully saturated rings. The van der Waals surface area contributed by atoms with E-state index in [4.69, 9.17) is 0 Å². The lowest BCUT2D eigenvalue weighted by atomic mass is 9.96. The number of benzene rings is 1. The van der Waals surface area contributed by atoms with Gasteiger partial charge >= 0.3 is 5.97 Å². The number of aromatic nitrogens is 1. The average molecular weight is 516 g/mol. The Balaban J connectivity index is 2.02. The molecule has 0 aliphatic carbocycles. The summed E-state index contributed by atoms with van der Waals surface area (Å²) in [6.45, 7) is 7.99. The number of thiazole rings is 1. The minimum atomic E-state index is -0.879. The van der Waals surface area contributed by atoms with Gasteiger partial charge in [-0.15, -0.1) is 11.3 Å². The maximum Gasteiger partial charge on any atom is 0.306 e. The normalized spacial score (nSPS) is 13.7. The Kier molecular flexibility index (Phi) is 12.1. The Labute approximate surface area is 219 Å². The number of unbranched alkanes of at least 4 members (excludes halogenated alkanes) is 1. The molecule has 1 aromatic heterocycles. The van der Waals surface area contributed by atoms with Crippen molar-refractivity contribution in [3.8, 4) is 0 Å². The molecular formula is C28H41N3O4S. The lowest BCUT2D eigenvalue weighted by Crippen LogP contribution is -2.40. The summed E-state index contributed by atoms with van der Waals surface area (Å²) < 4.78 is 0. The van der Waals surface area contributed by atoms with Crippen LogP contribution in [0.1, 0.15) is 80.9 Å². The highest BCUT2D eigenvalue weighted by atomic mass is 32.1. The van der Waals surface area contributed by atoms with Crippen LogP contribution in [-0.4, -0.2) is 51.9 Å². The molecule has 198 valence electrons. The number of hydrogen-bond donors (Lipinski definition) is 2. The first-order valence-electron chi connectivity index (χ1n) is 12.9. The number of amides is 2. The molecule has 3 atom stereocenters. The molecule has 0 spiro atoms. The highest BCUT2D eigenvalue weighted by Crippen LogP contribution is 2.20. The number of carboxylic acid groups (broad SMARTS) is 1. The van der Waals surface area contributed by atoms with E-state index in [9.17, 15) is 19.5 Å². The predicted molar refractivity (Wildman–Crippen MR) is 144 cm³/mol. The summed E-state index contributed by atoms with van der Waals surface area (Å²) in [6.07, 6.45) is 4.83. The van der Waals surface area contributed by atoms with Gasteiger partial charge in [0.2, 0.25) is 5.91 Å². The number of nitrogens with one attached hydrogen (secondary N) is 1. The van der Waals surface area contributed by atoms with Gasteiger partial charge in [0.15, 0.2) is 0 Å². The van der Waals surface area contributed by atoms with E-state index in [1.807, 2.05) is 42.3 Å². The Morgan fingerprint density at radius 3 is 2.44 bits per heavy atom. The summed E-state index contributed by atoms with van der Waals surface area (Å²) >= 11 is 1.45. The number of aryl methyl sites for hydroxylation is 1. The number of aliphatic carboxylic acids is 1. The maximum absolute atomic E-state index is 13.0. The molecule has 2 N–H and O–H groups in total. The van der Waals surface area contributed by atoms with Crippen LogP contribution in [0.15, 0.2) is 35.7 Å². The van der Waals surface area contributed by atoms with Crippen molar-refractivity contribution < 1.29 is 19.5 Å². The molecule has 3 unspecified atom stereocenters. The van der Waals surface area contributed by atoms with Gasteiger partial charge in [0.05, 0.1) is 10.9 Å².